The lowest BCUT2D eigenvalue weighted by atomic mass is 9.98. The van der Waals surface area contributed by atoms with Crippen molar-refractivity contribution in [2.45, 2.75) is 70.8 Å². The molecular weight excluding hydrogens is 254 g/mol. The van der Waals surface area contributed by atoms with Gasteiger partial charge in [0.15, 0.2) is 0 Å². The Kier molecular flexibility index (Phi) is 8.86. The van der Waals surface area contributed by atoms with Gasteiger partial charge >= 0.3 is 0 Å². The van der Waals surface area contributed by atoms with Crippen molar-refractivity contribution in [1.82, 2.24) is 5.06 Å². The zero-order valence-electron chi connectivity index (χ0n) is 13.4. The molecule has 0 spiro atoms. The molecule has 1 heterocycles. The van der Waals surface area contributed by atoms with Gasteiger partial charge in [-0.1, -0.05) is 51.9 Å². The molecule has 0 saturated carbocycles. The van der Waals surface area contributed by atoms with E-state index in [0.29, 0.717) is 18.4 Å². The molecule has 0 radical (unpaired) electrons. The van der Waals surface area contributed by atoms with Gasteiger partial charge in [0.25, 0.3) is 0 Å². The molecule has 0 aliphatic carbocycles. The third kappa shape index (κ3) is 8.54. The number of nitrogens with zero attached hydrogens (tertiary/aromatic N) is 1. The molecule has 20 heavy (non-hydrogen) atoms. The molecule has 118 valence electrons. The number of hydroxylamine groups is 2. The van der Waals surface area contributed by atoms with Crippen LogP contribution in [0.1, 0.15) is 64.7 Å². The van der Waals surface area contributed by atoms with Gasteiger partial charge in [-0.2, -0.15) is 0 Å². The monoisotopic (exact) mass is 285 g/mol. The molecule has 0 aromatic carbocycles. The number of epoxide rings is 1. The summed E-state index contributed by atoms with van der Waals surface area (Å²) in [6, 6.07) is 0. The quantitative estimate of drug-likeness (QED) is 0.313. The van der Waals surface area contributed by atoms with Crippen molar-refractivity contribution in [1.29, 1.82) is 0 Å². The van der Waals surface area contributed by atoms with Crippen LogP contribution in [-0.4, -0.2) is 37.8 Å². The first-order valence-corrected chi connectivity index (χ1v) is 8.05. The summed E-state index contributed by atoms with van der Waals surface area (Å²) in [5.74, 6) is 0.523. The van der Waals surface area contributed by atoms with Crippen LogP contribution >= 0.6 is 0 Å². The van der Waals surface area contributed by atoms with Crippen LogP contribution in [0.15, 0.2) is 0 Å². The lowest BCUT2D eigenvalue weighted by Gasteiger charge is -2.16. The Morgan fingerprint density at radius 1 is 1.25 bits per heavy atom. The summed E-state index contributed by atoms with van der Waals surface area (Å²) in [7, 11) is 3.19. The van der Waals surface area contributed by atoms with Gasteiger partial charge in [-0.05, 0) is 12.3 Å². The highest BCUT2D eigenvalue weighted by Crippen LogP contribution is 2.19. The maximum atomic E-state index is 11.6. The fraction of sp³-hybridized carbons (Fsp3) is 0.938. The average Bonchev–Trinajstić information content (AvgIpc) is 3.24. The van der Waals surface area contributed by atoms with Gasteiger partial charge in [-0.25, -0.2) is 5.06 Å². The van der Waals surface area contributed by atoms with E-state index >= 15 is 0 Å². The highest BCUT2D eigenvalue weighted by Gasteiger charge is 2.20. The summed E-state index contributed by atoms with van der Waals surface area (Å²) < 4.78 is 5.20. The molecule has 1 aliphatic rings. The largest absolute Gasteiger partial charge is 0.373 e. The molecule has 2 atom stereocenters. The van der Waals surface area contributed by atoms with E-state index in [-0.39, 0.29) is 5.91 Å². The van der Waals surface area contributed by atoms with Gasteiger partial charge in [0.05, 0.1) is 19.8 Å². The number of hydrogen-bond donors (Lipinski definition) is 0. The van der Waals surface area contributed by atoms with Crippen LogP contribution in [0.5, 0.6) is 0 Å². The predicted molar refractivity (Wildman–Crippen MR) is 80.2 cm³/mol. The molecule has 0 N–H and O–H groups in total. The van der Waals surface area contributed by atoms with Crippen LogP contribution in [0.25, 0.3) is 0 Å². The standard InChI is InChI=1S/C16H31NO3/c1-14(12-16(18)17(2)19-3)10-8-6-4-5-7-9-11-15-13-20-15/h14-15H,4-13H2,1-3H3/t14-,15?/m1/s1. The molecule has 1 saturated heterocycles. The van der Waals surface area contributed by atoms with Crippen molar-refractivity contribution in [3.05, 3.63) is 0 Å². The van der Waals surface area contributed by atoms with E-state index in [9.17, 15) is 4.79 Å². The van der Waals surface area contributed by atoms with Gasteiger partial charge in [0.2, 0.25) is 5.91 Å². The van der Waals surface area contributed by atoms with Crippen molar-refractivity contribution in [3.63, 3.8) is 0 Å². The third-order valence-electron chi connectivity index (χ3n) is 4.02. The summed E-state index contributed by atoms with van der Waals surface area (Å²) in [4.78, 5) is 16.5. The van der Waals surface area contributed by atoms with Crippen LogP contribution in [0.3, 0.4) is 0 Å². The van der Waals surface area contributed by atoms with E-state index in [1.54, 1.807) is 7.05 Å². The topological polar surface area (TPSA) is 42.1 Å². The zero-order valence-corrected chi connectivity index (χ0v) is 13.4. The van der Waals surface area contributed by atoms with Crippen LogP contribution in [0, 0.1) is 5.92 Å². The first-order valence-electron chi connectivity index (χ1n) is 8.05. The minimum atomic E-state index is 0.0716. The number of carbonyl (C=O) groups is 1. The second-order valence-electron chi connectivity index (χ2n) is 6.04. The number of ether oxygens (including phenoxy) is 1. The normalized spacial score (nSPS) is 18.9. The van der Waals surface area contributed by atoms with Crippen LogP contribution < -0.4 is 0 Å². The minimum absolute atomic E-state index is 0.0716. The van der Waals surface area contributed by atoms with Gasteiger partial charge in [0.1, 0.15) is 0 Å². The van der Waals surface area contributed by atoms with E-state index in [2.05, 4.69) is 6.92 Å². The molecule has 1 rings (SSSR count). The molecule has 1 fully saturated rings. The Hall–Kier alpha value is -0.610. The van der Waals surface area contributed by atoms with Gasteiger partial charge in [0, 0.05) is 13.5 Å². The van der Waals surface area contributed by atoms with Crippen LogP contribution in [0.2, 0.25) is 0 Å². The zero-order chi connectivity index (χ0) is 14.8. The van der Waals surface area contributed by atoms with E-state index in [4.69, 9.17) is 9.57 Å². The molecular formula is C16H31NO3. The molecule has 0 bridgehead atoms. The molecule has 4 heteroatoms. The first-order chi connectivity index (χ1) is 9.63. The van der Waals surface area contributed by atoms with Crippen LogP contribution in [0.4, 0.5) is 0 Å². The SMILES string of the molecule is CON(C)C(=O)C[C@H](C)CCCCCCCCC1CO1. The maximum Gasteiger partial charge on any atom is 0.246 e. The second kappa shape index (κ2) is 10.2. The fourth-order valence-corrected chi connectivity index (χ4v) is 2.44. The predicted octanol–water partition coefficient (Wildman–Crippen LogP) is 3.55. The molecule has 1 amide bonds. The minimum Gasteiger partial charge on any atom is -0.373 e. The highest BCUT2D eigenvalue weighted by atomic mass is 16.7. The number of unbranched alkanes of at least 4 members (excludes halogenated alkanes) is 5. The van der Waals surface area contributed by atoms with Crippen LogP contribution in [-0.2, 0) is 14.4 Å². The number of carbonyl (C=O) groups excluding carboxylic acids is 1. The van der Waals surface area contributed by atoms with Gasteiger partial charge in [-0.3, -0.25) is 9.63 Å². The molecule has 0 aromatic rings. The van der Waals surface area contributed by atoms with Crippen molar-refractivity contribution in [3.8, 4) is 0 Å². The Bertz CT molecular complexity index is 266. The van der Waals surface area contributed by atoms with E-state index < -0.39 is 0 Å². The lowest BCUT2D eigenvalue weighted by molar-refractivity contribution is -0.169. The second-order valence-corrected chi connectivity index (χ2v) is 6.04. The molecule has 0 aromatic heterocycles. The molecule has 1 aliphatic heterocycles. The van der Waals surface area contributed by atoms with Gasteiger partial charge in [-0.15, -0.1) is 0 Å². The number of hydrogen-bond acceptors (Lipinski definition) is 3. The van der Waals surface area contributed by atoms with E-state index in [0.717, 1.165) is 13.0 Å². The third-order valence-corrected chi connectivity index (χ3v) is 4.02. The fourth-order valence-electron chi connectivity index (χ4n) is 2.44. The summed E-state index contributed by atoms with van der Waals surface area (Å²) >= 11 is 0. The van der Waals surface area contributed by atoms with Crippen molar-refractivity contribution >= 4 is 5.91 Å². The van der Waals surface area contributed by atoms with Crippen molar-refractivity contribution in [2.75, 3.05) is 20.8 Å². The smallest absolute Gasteiger partial charge is 0.246 e. The highest BCUT2D eigenvalue weighted by molar-refractivity contribution is 5.74. The molecule has 4 nitrogen and oxygen atoms in total. The van der Waals surface area contributed by atoms with E-state index in [1.165, 1.54) is 57.1 Å². The van der Waals surface area contributed by atoms with Crippen molar-refractivity contribution in [2.24, 2.45) is 5.92 Å². The summed E-state index contributed by atoms with van der Waals surface area (Å²) in [6.45, 7) is 3.14. The maximum absolute atomic E-state index is 11.6. The Balaban J connectivity index is 1.85. The van der Waals surface area contributed by atoms with Crippen molar-refractivity contribution < 1.29 is 14.4 Å². The Morgan fingerprint density at radius 3 is 2.45 bits per heavy atom. The summed E-state index contributed by atoms with van der Waals surface area (Å²) in [6.07, 6.45) is 11.4. The first kappa shape index (κ1) is 17.4. The number of amides is 1. The van der Waals surface area contributed by atoms with E-state index in [1.807, 2.05) is 0 Å². The summed E-state index contributed by atoms with van der Waals surface area (Å²) in [5, 5.41) is 1.32. The lowest BCUT2D eigenvalue weighted by Crippen LogP contribution is -2.26. The Morgan fingerprint density at radius 2 is 1.85 bits per heavy atom. The van der Waals surface area contributed by atoms with Gasteiger partial charge < -0.3 is 4.74 Å². The Labute approximate surface area is 123 Å². The molecule has 1 unspecified atom stereocenters. The number of rotatable bonds is 12. The summed E-state index contributed by atoms with van der Waals surface area (Å²) in [5.41, 5.74) is 0. The average molecular weight is 285 g/mol.